The first-order valence-electron chi connectivity index (χ1n) is 5.93. The van der Waals surface area contributed by atoms with Gasteiger partial charge < -0.3 is 9.84 Å². The molecule has 0 aliphatic carbocycles. The van der Waals surface area contributed by atoms with E-state index in [-0.39, 0.29) is 18.8 Å². The second kappa shape index (κ2) is 6.52. The summed E-state index contributed by atoms with van der Waals surface area (Å²) in [6.45, 7) is 0.0436. The Morgan fingerprint density at radius 2 is 1.85 bits per heavy atom. The van der Waals surface area contributed by atoms with Crippen LogP contribution in [-0.4, -0.2) is 11.1 Å². The molecule has 104 valence electrons. The summed E-state index contributed by atoms with van der Waals surface area (Å²) in [4.78, 5) is 10.8. The van der Waals surface area contributed by atoms with Crippen molar-refractivity contribution in [2.75, 3.05) is 0 Å². The van der Waals surface area contributed by atoms with Crippen LogP contribution in [0.5, 0.6) is 5.75 Å². The summed E-state index contributed by atoms with van der Waals surface area (Å²) >= 11 is 3.11. The van der Waals surface area contributed by atoms with Crippen molar-refractivity contribution in [2.24, 2.45) is 0 Å². The smallest absolute Gasteiger partial charge is 0.307 e. The number of rotatable bonds is 5. The molecule has 0 fully saturated rings. The Morgan fingerprint density at radius 1 is 1.15 bits per heavy atom. The predicted octanol–water partition coefficient (Wildman–Crippen LogP) is 3.79. The van der Waals surface area contributed by atoms with Crippen LogP contribution in [-0.2, 0) is 17.8 Å². The number of aliphatic carboxylic acids is 1. The Morgan fingerprint density at radius 3 is 2.60 bits per heavy atom. The van der Waals surface area contributed by atoms with E-state index in [1.54, 1.807) is 42.5 Å². The Balaban J connectivity index is 2.15. The zero-order valence-electron chi connectivity index (χ0n) is 10.5. The van der Waals surface area contributed by atoms with Crippen LogP contribution in [0.2, 0.25) is 0 Å². The van der Waals surface area contributed by atoms with Gasteiger partial charge in [-0.1, -0.05) is 30.3 Å². The number of para-hydroxylation sites is 1. The normalized spacial score (nSPS) is 10.3. The van der Waals surface area contributed by atoms with Gasteiger partial charge >= 0.3 is 5.97 Å². The lowest BCUT2D eigenvalue weighted by Gasteiger charge is -2.11. The first-order valence-corrected chi connectivity index (χ1v) is 6.72. The number of hydrogen-bond donors (Lipinski definition) is 1. The lowest BCUT2D eigenvalue weighted by atomic mass is 10.1. The molecule has 0 amide bonds. The fraction of sp³-hybridized carbons (Fsp3) is 0.133. The molecule has 0 aliphatic heterocycles. The average Bonchev–Trinajstić information content (AvgIpc) is 2.41. The molecule has 3 nitrogen and oxygen atoms in total. The molecule has 20 heavy (non-hydrogen) atoms. The third-order valence-electron chi connectivity index (χ3n) is 2.73. The second-order valence-corrected chi connectivity index (χ2v) is 5.03. The Kier molecular flexibility index (Phi) is 4.74. The third-order valence-corrected chi connectivity index (χ3v) is 3.34. The van der Waals surface area contributed by atoms with E-state index in [0.717, 1.165) is 0 Å². The second-order valence-electron chi connectivity index (χ2n) is 4.18. The van der Waals surface area contributed by atoms with E-state index in [4.69, 9.17) is 9.84 Å². The lowest BCUT2D eigenvalue weighted by molar-refractivity contribution is -0.136. The first kappa shape index (κ1) is 14.5. The molecule has 2 aromatic rings. The molecule has 0 saturated heterocycles. The largest absolute Gasteiger partial charge is 0.488 e. The number of ether oxygens (including phenoxy) is 1. The highest BCUT2D eigenvalue weighted by molar-refractivity contribution is 9.10. The molecule has 0 saturated carbocycles. The van der Waals surface area contributed by atoms with Crippen LogP contribution in [0.25, 0.3) is 0 Å². The minimum absolute atomic E-state index is 0.0436. The molecule has 2 rings (SSSR count). The zero-order valence-corrected chi connectivity index (χ0v) is 12.1. The van der Waals surface area contributed by atoms with Crippen molar-refractivity contribution in [3.63, 3.8) is 0 Å². The molecule has 5 heteroatoms. The number of benzene rings is 2. The topological polar surface area (TPSA) is 46.5 Å². The molecule has 0 unspecified atom stereocenters. The summed E-state index contributed by atoms with van der Waals surface area (Å²) < 4.78 is 19.7. The Hall–Kier alpha value is -1.88. The van der Waals surface area contributed by atoms with E-state index in [9.17, 15) is 9.18 Å². The van der Waals surface area contributed by atoms with E-state index in [0.29, 0.717) is 21.3 Å². The number of carbonyl (C=O) groups is 1. The van der Waals surface area contributed by atoms with Crippen molar-refractivity contribution in [3.05, 3.63) is 63.9 Å². The van der Waals surface area contributed by atoms with Crippen LogP contribution in [0, 0.1) is 5.82 Å². The van der Waals surface area contributed by atoms with Crippen molar-refractivity contribution in [2.45, 2.75) is 13.0 Å². The molecular formula is C15H12BrFO3. The fourth-order valence-corrected chi connectivity index (χ4v) is 2.18. The molecule has 0 atom stereocenters. The van der Waals surface area contributed by atoms with E-state index in [2.05, 4.69) is 15.9 Å². The quantitative estimate of drug-likeness (QED) is 0.901. The van der Waals surface area contributed by atoms with Gasteiger partial charge in [-0.2, -0.15) is 0 Å². The summed E-state index contributed by atoms with van der Waals surface area (Å²) in [5, 5.41) is 8.84. The van der Waals surface area contributed by atoms with Crippen LogP contribution in [0.1, 0.15) is 11.1 Å². The summed E-state index contributed by atoms with van der Waals surface area (Å²) in [5.41, 5.74) is 0.972. The first-order chi connectivity index (χ1) is 9.58. The molecule has 0 heterocycles. The van der Waals surface area contributed by atoms with Crippen molar-refractivity contribution in [1.29, 1.82) is 0 Å². The number of hydrogen-bond acceptors (Lipinski definition) is 2. The molecule has 0 aliphatic rings. The van der Waals surface area contributed by atoms with Crippen LogP contribution in [0.15, 0.2) is 46.9 Å². The lowest BCUT2D eigenvalue weighted by Crippen LogP contribution is -2.05. The fourth-order valence-electron chi connectivity index (χ4n) is 1.77. The van der Waals surface area contributed by atoms with E-state index < -0.39 is 5.97 Å². The summed E-state index contributed by atoms with van der Waals surface area (Å²) in [7, 11) is 0. The maximum atomic E-state index is 13.8. The van der Waals surface area contributed by atoms with Crippen molar-refractivity contribution < 1.29 is 19.0 Å². The SMILES string of the molecule is O=C(O)Cc1ccccc1OCc1cccc(Br)c1F. The zero-order chi connectivity index (χ0) is 14.5. The van der Waals surface area contributed by atoms with Crippen LogP contribution >= 0.6 is 15.9 Å². The van der Waals surface area contributed by atoms with Crippen molar-refractivity contribution in [1.82, 2.24) is 0 Å². The third kappa shape index (κ3) is 3.57. The molecule has 0 spiro atoms. The van der Waals surface area contributed by atoms with Gasteiger partial charge in [0.2, 0.25) is 0 Å². The highest BCUT2D eigenvalue weighted by Crippen LogP contribution is 2.23. The van der Waals surface area contributed by atoms with E-state index >= 15 is 0 Å². The standard InChI is InChI=1S/C15H12BrFO3/c16-12-6-3-5-11(15(12)17)9-20-13-7-2-1-4-10(13)8-14(18)19/h1-7H,8-9H2,(H,18,19). The monoisotopic (exact) mass is 338 g/mol. The van der Waals surface area contributed by atoms with Gasteiger partial charge in [-0.05, 0) is 28.1 Å². The number of halogens is 2. The Bertz CT molecular complexity index is 628. The highest BCUT2D eigenvalue weighted by Gasteiger charge is 2.10. The van der Waals surface area contributed by atoms with Gasteiger partial charge in [0.25, 0.3) is 0 Å². The molecule has 0 aromatic heterocycles. The summed E-state index contributed by atoms with van der Waals surface area (Å²) in [5.74, 6) is -0.854. The molecular weight excluding hydrogens is 327 g/mol. The molecule has 1 N–H and O–H groups in total. The predicted molar refractivity (Wildman–Crippen MR) is 76.2 cm³/mol. The van der Waals surface area contributed by atoms with Gasteiger partial charge in [0.1, 0.15) is 18.2 Å². The number of carboxylic acid groups (broad SMARTS) is 1. The van der Waals surface area contributed by atoms with Crippen LogP contribution in [0.4, 0.5) is 4.39 Å². The molecule has 2 aromatic carbocycles. The van der Waals surface area contributed by atoms with Crippen LogP contribution in [0.3, 0.4) is 0 Å². The minimum atomic E-state index is -0.935. The summed E-state index contributed by atoms with van der Waals surface area (Å²) in [6.07, 6.45) is -0.128. The Labute approximate surface area is 124 Å². The van der Waals surface area contributed by atoms with Crippen molar-refractivity contribution in [3.8, 4) is 5.75 Å². The van der Waals surface area contributed by atoms with Crippen molar-refractivity contribution >= 4 is 21.9 Å². The molecule has 0 radical (unpaired) electrons. The minimum Gasteiger partial charge on any atom is -0.488 e. The van der Waals surface area contributed by atoms with Crippen LogP contribution < -0.4 is 4.74 Å². The average molecular weight is 339 g/mol. The van der Waals surface area contributed by atoms with Gasteiger partial charge in [-0.25, -0.2) is 4.39 Å². The maximum absolute atomic E-state index is 13.8. The van der Waals surface area contributed by atoms with E-state index in [1.165, 1.54) is 0 Å². The van der Waals surface area contributed by atoms with Gasteiger partial charge in [0.05, 0.1) is 10.9 Å². The summed E-state index contributed by atoms with van der Waals surface area (Å²) in [6, 6.07) is 11.8. The van der Waals surface area contributed by atoms with E-state index in [1.807, 2.05) is 0 Å². The van der Waals surface area contributed by atoms with Gasteiger partial charge in [0.15, 0.2) is 0 Å². The van der Waals surface area contributed by atoms with Gasteiger partial charge in [-0.3, -0.25) is 4.79 Å². The van der Waals surface area contributed by atoms with Gasteiger partial charge in [0, 0.05) is 11.1 Å². The highest BCUT2D eigenvalue weighted by atomic mass is 79.9. The number of carboxylic acids is 1. The molecule has 0 bridgehead atoms. The maximum Gasteiger partial charge on any atom is 0.307 e. The van der Waals surface area contributed by atoms with Gasteiger partial charge in [-0.15, -0.1) is 0 Å².